The second-order valence-corrected chi connectivity index (χ2v) is 3.58. The molecule has 0 saturated heterocycles. The van der Waals surface area contributed by atoms with E-state index >= 15 is 0 Å². The van der Waals surface area contributed by atoms with Gasteiger partial charge in [-0.2, -0.15) is 0 Å². The third kappa shape index (κ3) is 4.44. The molecule has 15 heavy (non-hydrogen) atoms. The number of ether oxygens (including phenoxy) is 1. The first-order valence-corrected chi connectivity index (χ1v) is 5.65. The Bertz CT molecular complexity index is 260. The summed E-state index contributed by atoms with van der Waals surface area (Å²) in [6, 6.07) is 0. The Morgan fingerprint density at radius 2 is 2.33 bits per heavy atom. The summed E-state index contributed by atoms with van der Waals surface area (Å²) in [6.45, 7) is 5.32. The number of hydrogen-bond donors (Lipinski definition) is 1. The Hall–Kier alpha value is -0.870. The number of rotatable bonds is 8. The van der Waals surface area contributed by atoms with E-state index in [1.54, 1.807) is 0 Å². The molecule has 1 rings (SSSR count). The molecule has 0 amide bonds. The van der Waals surface area contributed by atoms with E-state index in [9.17, 15) is 0 Å². The van der Waals surface area contributed by atoms with Crippen LogP contribution in [0.15, 0.2) is 12.5 Å². The number of unbranched alkanes of at least 4 members (excludes halogenated alkanes) is 1. The highest BCUT2D eigenvalue weighted by atomic mass is 16.5. The van der Waals surface area contributed by atoms with Gasteiger partial charge in [0.15, 0.2) is 0 Å². The number of hydrogen-bond acceptors (Lipinski definition) is 3. The fraction of sp³-hybridized carbons (Fsp3) is 0.727. The Balaban J connectivity index is 2.21. The van der Waals surface area contributed by atoms with Crippen LogP contribution in [0.2, 0.25) is 0 Å². The van der Waals surface area contributed by atoms with Crippen molar-refractivity contribution in [3.63, 3.8) is 0 Å². The zero-order valence-electron chi connectivity index (χ0n) is 9.48. The van der Waals surface area contributed by atoms with Crippen LogP contribution in [0.5, 0.6) is 0 Å². The highest BCUT2D eigenvalue weighted by Crippen LogP contribution is 1.99. The van der Waals surface area contributed by atoms with Gasteiger partial charge in [-0.15, -0.1) is 0 Å². The van der Waals surface area contributed by atoms with Gasteiger partial charge in [0.25, 0.3) is 0 Å². The molecule has 0 aliphatic rings. The molecule has 1 heterocycles. The van der Waals surface area contributed by atoms with Crippen LogP contribution in [0.1, 0.15) is 25.5 Å². The lowest BCUT2D eigenvalue weighted by molar-refractivity contribution is 0.123. The Morgan fingerprint density at radius 1 is 1.47 bits per heavy atom. The van der Waals surface area contributed by atoms with Crippen molar-refractivity contribution in [2.45, 2.75) is 32.7 Å². The van der Waals surface area contributed by atoms with Gasteiger partial charge in [-0.25, -0.2) is 4.98 Å². The van der Waals surface area contributed by atoms with Crippen molar-refractivity contribution >= 4 is 0 Å². The molecule has 0 radical (unpaired) electrons. The maximum Gasteiger partial charge on any atom is 0.0948 e. The van der Waals surface area contributed by atoms with Crippen LogP contribution in [0.3, 0.4) is 0 Å². The lowest BCUT2D eigenvalue weighted by atomic mass is 10.3. The first-order chi connectivity index (χ1) is 7.38. The van der Waals surface area contributed by atoms with Gasteiger partial charge in [-0.3, -0.25) is 0 Å². The summed E-state index contributed by atoms with van der Waals surface area (Å²) in [5.41, 5.74) is 6.70. The summed E-state index contributed by atoms with van der Waals surface area (Å²) in [6.07, 6.45) is 6.92. The SMILES string of the molecule is CCCCOCCn1cncc1CCN. The molecule has 0 bridgehead atoms. The number of nitrogens with two attached hydrogens (primary N) is 1. The molecule has 4 heteroatoms. The van der Waals surface area contributed by atoms with Gasteiger partial charge >= 0.3 is 0 Å². The summed E-state index contributed by atoms with van der Waals surface area (Å²) in [7, 11) is 0. The maximum atomic E-state index is 5.51. The zero-order chi connectivity index (χ0) is 10.9. The average molecular weight is 211 g/mol. The van der Waals surface area contributed by atoms with Crippen molar-refractivity contribution in [3.8, 4) is 0 Å². The first kappa shape index (κ1) is 12.2. The van der Waals surface area contributed by atoms with Gasteiger partial charge in [0.1, 0.15) is 0 Å². The largest absolute Gasteiger partial charge is 0.380 e. The highest BCUT2D eigenvalue weighted by molar-refractivity contribution is 4.98. The predicted octanol–water partition coefficient (Wildman–Crippen LogP) is 1.20. The van der Waals surface area contributed by atoms with E-state index in [1.165, 1.54) is 12.1 Å². The van der Waals surface area contributed by atoms with Crippen LogP contribution >= 0.6 is 0 Å². The molecule has 0 unspecified atom stereocenters. The lowest BCUT2D eigenvalue weighted by Gasteiger charge is -2.07. The maximum absolute atomic E-state index is 5.51. The topological polar surface area (TPSA) is 53.1 Å². The molecule has 86 valence electrons. The van der Waals surface area contributed by atoms with Gasteiger partial charge in [-0.1, -0.05) is 13.3 Å². The number of nitrogens with zero attached hydrogens (tertiary/aromatic N) is 2. The van der Waals surface area contributed by atoms with Crippen LogP contribution in [0, 0.1) is 0 Å². The highest BCUT2D eigenvalue weighted by Gasteiger charge is 2.00. The smallest absolute Gasteiger partial charge is 0.0948 e. The van der Waals surface area contributed by atoms with E-state index in [4.69, 9.17) is 10.5 Å². The van der Waals surface area contributed by atoms with Gasteiger partial charge in [-0.05, 0) is 13.0 Å². The van der Waals surface area contributed by atoms with Crippen LogP contribution in [-0.2, 0) is 17.7 Å². The van der Waals surface area contributed by atoms with E-state index in [0.717, 1.165) is 32.6 Å². The second-order valence-electron chi connectivity index (χ2n) is 3.58. The molecule has 0 aliphatic carbocycles. The fourth-order valence-electron chi connectivity index (χ4n) is 1.42. The van der Waals surface area contributed by atoms with Crippen LogP contribution in [0.25, 0.3) is 0 Å². The van der Waals surface area contributed by atoms with Crippen LogP contribution < -0.4 is 5.73 Å². The Kier molecular flexibility index (Phi) is 6.04. The number of aromatic nitrogens is 2. The second kappa shape index (κ2) is 7.43. The standard InChI is InChI=1S/C11H21N3O/c1-2-3-7-15-8-6-14-10-13-9-11(14)4-5-12/h9-10H,2-8,12H2,1H3. The molecular weight excluding hydrogens is 190 g/mol. The molecule has 4 nitrogen and oxygen atoms in total. The number of imidazole rings is 1. The predicted molar refractivity (Wildman–Crippen MR) is 60.7 cm³/mol. The van der Waals surface area contributed by atoms with Gasteiger partial charge < -0.3 is 15.0 Å². The quantitative estimate of drug-likeness (QED) is 0.657. The summed E-state index contributed by atoms with van der Waals surface area (Å²) in [5, 5.41) is 0. The summed E-state index contributed by atoms with van der Waals surface area (Å²) < 4.78 is 7.61. The van der Waals surface area contributed by atoms with Crippen LogP contribution in [-0.4, -0.2) is 29.3 Å². The molecule has 0 fully saturated rings. The van der Waals surface area contributed by atoms with Gasteiger partial charge in [0, 0.05) is 31.5 Å². The third-order valence-corrected chi connectivity index (χ3v) is 2.32. The molecule has 0 atom stereocenters. The zero-order valence-corrected chi connectivity index (χ0v) is 9.48. The summed E-state index contributed by atoms with van der Waals surface area (Å²) in [4.78, 5) is 4.11. The van der Waals surface area contributed by atoms with Crippen molar-refractivity contribution in [2.24, 2.45) is 5.73 Å². The molecule has 1 aromatic rings. The van der Waals surface area contributed by atoms with E-state index in [-0.39, 0.29) is 0 Å². The minimum atomic E-state index is 0.669. The Labute approximate surface area is 91.4 Å². The fourth-order valence-corrected chi connectivity index (χ4v) is 1.42. The molecule has 0 spiro atoms. The normalized spacial score (nSPS) is 10.8. The molecule has 0 aliphatic heterocycles. The van der Waals surface area contributed by atoms with Crippen molar-refractivity contribution in [3.05, 3.63) is 18.2 Å². The first-order valence-electron chi connectivity index (χ1n) is 5.65. The minimum Gasteiger partial charge on any atom is -0.380 e. The van der Waals surface area contributed by atoms with Crippen molar-refractivity contribution in [2.75, 3.05) is 19.8 Å². The van der Waals surface area contributed by atoms with E-state index in [0.29, 0.717) is 6.54 Å². The summed E-state index contributed by atoms with van der Waals surface area (Å²) in [5.74, 6) is 0. The third-order valence-electron chi connectivity index (χ3n) is 2.32. The van der Waals surface area contributed by atoms with Gasteiger partial charge in [0.05, 0.1) is 12.9 Å². The van der Waals surface area contributed by atoms with Crippen molar-refractivity contribution in [1.29, 1.82) is 0 Å². The average Bonchev–Trinajstić information content (AvgIpc) is 2.66. The lowest BCUT2D eigenvalue weighted by Crippen LogP contribution is -2.11. The minimum absolute atomic E-state index is 0.669. The monoisotopic (exact) mass is 211 g/mol. The molecule has 0 aromatic carbocycles. The van der Waals surface area contributed by atoms with Gasteiger partial charge in [0.2, 0.25) is 0 Å². The Morgan fingerprint density at radius 3 is 3.07 bits per heavy atom. The van der Waals surface area contributed by atoms with Crippen molar-refractivity contribution in [1.82, 2.24) is 9.55 Å². The van der Waals surface area contributed by atoms with E-state index < -0.39 is 0 Å². The molecule has 1 aromatic heterocycles. The van der Waals surface area contributed by atoms with Crippen molar-refractivity contribution < 1.29 is 4.74 Å². The van der Waals surface area contributed by atoms with Crippen LogP contribution in [0.4, 0.5) is 0 Å². The summed E-state index contributed by atoms with van der Waals surface area (Å²) >= 11 is 0. The molecule has 0 saturated carbocycles. The molecular formula is C11H21N3O. The van der Waals surface area contributed by atoms with E-state index in [2.05, 4.69) is 16.5 Å². The van der Waals surface area contributed by atoms with E-state index in [1.807, 2.05) is 12.5 Å². The molecule has 2 N–H and O–H groups in total.